The van der Waals surface area contributed by atoms with E-state index in [1.807, 2.05) is 0 Å². The molecule has 22 heavy (non-hydrogen) atoms. The zero-order chi connectivity index (χ0) is 16.2. The molecule has 0 heterocycles. The van der Waals surface area contributed by atoms with Crippen LogP contribution in [0.25, 0.3) is 0 Å². The average molecular weight is 309 g/mol. The normalized spacial score (nSPS) is 21.5. The van der Waals surface area contributed by atoms with Gasteiger partial charge in [0.1, 0.15) is 6.10 Å². The highest BCUT2D eigenvalue weighted by molar-refractivity contribution is 5.87. The Morgan fingerprint density at radius 2 is 1.50 bits per heavy atom. The third kappa shape index (κ3) is 8.60. The highest BCUT2D eigenvalue weighted by atomic mass is 16.5. The minimum atomic E-state index is -0.216. The maximum Gasteiger partial charge on any atom is 0.333 e. The van der Waals surface area contributed by atoms with Crippen molar-refractivity contribution >= 4 is 5.97 Å². The van der Waals surface area contributed by atoms with Crippen molar-refractivity contribution in [3.8, 4) is 0 Å². The molecule has 0 bridgehead atoms. The van der Waals surface area contributed by atoms with Crippen molar-refractivity contribution in [1.82, 2.24) is 0 Å². The summed E-state index contributed by atoms with van der Waals surface area (Å²) in [4.78, 5) is 11.5. The number of unbranched alkanes of at least 4 members (excludes halogenated alkanes) is 7. The van der Waals surface area contributed by atoms with Crippen LogP contribution in [-0.2, 0) is 9.53 Å². The number of hydrogen-bond donors (Lipinski definition) is 0. The van der Waals surface area contributed by atoms with Crippen LogP contribution in [0.15, 0.2) is 12.2 Å². The van der Waals surface area contributed by atoms with E-state index in [9.17, 15) is 4.79 Å². The molecule has 0 aromatic rings. The maximum absolute atomic E-state index is 11.5. The summed E-state index contributed by atoms with van der Waals surface area (Å²) >= 11 is 0. The molecule has 1 aliphatic carbocycles. The molecule has 1 fully saturated rings. The van der Waals surface area contributed by atoms with Gasteiger partial charge in [0.05, 0.1) is 0 Å². The number of hydrogen-bond acceptors (Lipinski definition) is 2. The van der Waals surface area contributed by atoms with E-state index in [1.165, 1.54) is 70.6 Å². The summed E-state index contributed by atoms with van der Waals surface area (Å²) in [6, 6.07) is 0. The first-order valence-corrected chi connectivity index (χ1v) is 9.50. The predicted molar refractivity (Wildman–Crippen MR) is 93.9 cm³/mol. The first kappa shape index (κ1) is 19.3. The van der Waals surface area contributed by atoms with Crippen molar-refractivity contribution in [3.05, 3.63) is 12.2 Å². The summed E-state index contributed by atoms with van der Waals surface area (Å²) in [5.41, 5.74) is 0.515. The smallest absolute Gasteiger partial charge is 0.333 e. The molecule has 0 spiro atoms. The van der Waals surface area contributed by atoms with Crippen LogP contribution in [0, 0.1) is 5.92 Å². The van der Waals surface area contributed by atoms with Crippen LogP contribution < -0.4 is 0 Å². The van der Waals surface area contributed by atoms with E-state index in [0.29, 0.717) is 5.57 Å². The van der Waals surface area contributed by atoms with Crippen molar-refractivity contribution < 1.29 is 9.53 Å². The van der Waals surface area contributed by atoms with Crippen molar-refractivity contribution in [3.63, 3.8) is 0 Å². The Hall–Kier alpha value is -0.790. The number of rotatable bonds is 11. The highest BCUT2D eigenvalue weighted by Crippen LogP contribution is 2.30. The Bertz CT molecular complexity index is 314. The number of carbonyl (C=O) groups excluding carboxylic acids is 1. The second kappa shape index (κ2) is 11.7. The van der Waals surface area contributed by atoms with Gasteiger partial charge in [0.15, 0.2) is 0 Å². The third-order valence-electron chi connectivity index (χ3n) is 4.88. The van der Waals surface area contributed by atoms with Crippen LogP contribution in [-0.4, -0.2) is 12.1 Å². The standard InChI is InChI=1S/C20H36O2/c1-4-5-6-7-8-9-10-11-12-18-13-15-19(16-14-18)22-20(21)17(2)3/h18-19H,2,4-16H2,1,3H3. The topological polar surface area (TPSA) is 26.3 Å². The average Bonchev–Trinajstić information content (AvgIpc) is 2.51. The lowest BCUT2D eigenvalue weighted by molar-refractivity contribution is -0.146. The van der Waals surface area contributed by atoms with E-state index in [0.717, 1.165) is 18.8 Å². The second-order valence-electron chi connectivity index (χ2n) is 7.09. The maximum atomic E-state index is 11.5. The van der Waals surface area contributed by atoms with E-state index in [2.05, 4.69) is 13.5 Å². The first-order valence-electron chi connectivity index (χ1n) is 9.50. The fourth-order valence-corrected chi connectivity index (χ4v) is 3.36. The van der Waals surface area contributed by atoms with Gasteiger partial charge in [-0.15, -0.1) is 0 Å². The van der Waals surface area contributed by atoms with E-state index in [4.69, 9.17) is 4.74 Å². The molecule has 1 rings (SSSR count). The van der Waals surface area contributed by atoms with Gasteiger partial charge in [0.2, 0.25) is 0 Å². The zero-order valence-corrected chi connectivity index (χ0v) is 14.9. The summed E-state index contributed by atoms with van der Waals surface area (Å²) in [5, 5.41) is 0. The lowest BCUT2D eigenvalue weighted by Gasteiger charge is -2.28. The molecule has 0 radical (unpaired) electrons. The van der Waals surface area contributed by atoms with E-state index in [-0.39, 0.29) is 12.1 Å². The number of carbonyl (C=O) groups is 1. The summed E-state index contributed by atoms with van der Waals surface area (Å²) < 4.78 is 5.45. The molecule has 0 saturated heterocycles. The van der Waals surface area contributed by atoms with Crippen molar-refractivity contribution in [1.29, 1.82) is 0 Å². The van der Waals surface area contributed by atoms with Gasteiger partial charge in [-0.3, -0.25) is 0 Å². The Balaban J connectivity index is 1.97. The van der Waals surface area contributed by atoms with Gasteiger partial charge in [0, 0.05) is 5.57 Å². The quantitative estimate of drug-likeness (QED) is 0.258. The van der Waals surface area contributed by atoms with E-state index in [1.54, 1.807) is 6.92 Å². The number of esters is 1. The molecule has 128 valence electrons. The van der Waals surface area contributed by atoms with E-state index >= 15 is 0 Å². The number of ether oxygens (including phenoxy) is 1. The largest absolute Gasteiger partial charge is 0.459 e. The van der Waals surface area contributed by atoms with Crippen LogP contribution in [0.3, 0.4) is 0 Å². The molecule has 0 N–H and O–H groups in total. The Morgan fingerprint density at radius 1 is 0.955 bits per heavy atom. The molecule has 1 saturated carbocycles. The molecule has 0 aromatic heterocycles. The van der Waals surface area contributed by atoms with Crippen LogP contribution in [0.4, 0.5) is 0 Å². The summed E-state index contributed by atoms with van der Waals surface area (Å²) in [6.45, 7) is 7.63. The monoisotopic (exact) mass is 308 g/mol. The molecule has 0 unspecified atom stereocenters. The Kier molecular flexibility index (Phi) is 10.3. The second-order valence-corrected chi connectivity index (χ2v) is 7.09. The zero-order valence-electron chi connectivity index (χ0n) is 14.9. The minimum absolute atomic E-state index is 0.138. The molecular weight excluding hydrogens is 272 g/mol. The fourth-order valence-electron chi connectivity index (χ4n) is 3.36. The molecule has 2 heteroatoms. The summed E-state index contributed by atoms with van der Waals surface area (Å²) in [5.74, 6) is 0.645. The van der Waals surface area contributed by atoms with Gasteiger partial charge in [-0.2, -0.15) is 0 Å². The van der Waals surface area contributed by atoms with Crippen LogP contribution in [0.5, 0.6) is 0 Å². The van der Waals surface area contributed by atoms with Crippen molar-refractivity contribution in [2.45, 2.75) is 103 Å². The molecule has 0 amide bonds. The molecular formula is C20H36O2. The summed E-state index contributed by atoms with van der Waals surface area (Å²) in [6.07, 6.45) is 17.2. The molecule has 0 aliphatic heterocycles. The van der Waals surface area contributed by atoms with Crippen molar-refractivity contribution in [2.75, 3.05) is 0 Å². The minimum Gasteiger partial charge on any atom is -0.459 e. The van der Waals surface area contributed by atoms with Gasteiger partial charge >= 0.3 is 5.97 Å². The van der Waals surface area contributed by atoms with Gasteiger partial charge in [-0.1, -0.05) is 71.3 Å². The highest BCUT2D eigenvalue weighted by Gasteiger charge is 2.23. The van der Waals surface area contributed by atoms with Crippen LogP contribution >= 0.6 is 0 Å². The first-order chi connectivity index (χ1) is 10.6. The SMILES string of the molecule is C=C(C)C(=O)OC1CCC(CCCCCCCCCC)CC1. The van der Waals surface area contributed by atoms with Crippen LogP contribution in [0.1, 0.15) is 97.3 Å². The van der Waals surface area contributed by atoms with Gasteiger partial charge in [-0.25, -0.2) is 4.79 Å². The molecule has 0 atom stereocenters. The van der Waals surface area contributed by atoms with Gasteiger partial charge < -0.3 is 4.74 Å². The molecule has 2 nitrogen and oxygen atoms in total. The Morgan fingerprint density at radius 3 is 2.05 bits per heavy atom. The predicted octanol–water partition coefficient (Wildman–Crippen LogP) is 6.20. The lowest BCUT2D eigenvalue weighted by atomic mass is 9.84. The van der Waals surface area contributed by atoms with Gasteiger partial charge in [0.25, 0.3) is 0 Å². The molecule has 0 aromatic carbocycles. The lowest BCUT2D eigenvalue weighted by Crippen LogP contribution is -2.24. The van der Waals surface area contributed by atoms with Crippen molar-refractivity contribution in [2.24, 2.45) is 5.92 Å². The fraction of sp³-hybridized carbons (Fsp3) is 0.850. The third-order valence-corrected chi connectivity index (χ3v) is 4.88. The molecule has 1 aliphatic rings. The Labute approximate surface area is 137 Å². The summed E-state index contributed by atoms with van der Waals surface area (Å²) in [7, 11) is 0. The van der Waals surface area contributed by atoms with Crippen LogP contribution in [0.2, 0.25) is 0 Å². The van der Waals surface area contributed by atoms with Gasteiger partial charge in [-0.05, 0) is 38.5 Å². The van der Waals surface area contributed by atoms with E-state index < -0.39 is 0 Å².